The zero-order valence-corrected chi connectivity index (χ0v) is 10.1. The van der Waals surface area contributed by atoms with E-state index in [-0.39, 0.29) is 0 Å². The summed E-state index contributed by atoms with van der Waals surface area (Å²) < 4.78 is 0. The molecule has 0 spiro atoms. The van der Waals surface area contributed by atoms with E-state index in [9.17, 15) is 0 Å². The lowest BCUT2D eigenvalue weighted by molar-refractivity contribution is 0.416. The Morgan fingerprint density at radius 1 is 1.33 bits per heavy atom. The van der Waals surface area contributed by atoms with Crippen LogP contribution in [0.15, 0.2) is 0 Å². The van der Waals surface area contributed by atoms with Crippen LogP contribution in [-0.2, 0) is 6.42 Å². The van der Waals surface area contributed by atoms with Gasteiger partial charge in [0.2, 0.25) is 0 Å². The molecular formula is C11H19N3S. The fraction of sp³-hybridized carbons (Fsp3) is 0.818. The van der Waals surface area contributed by atoms with Gasteiger partial charge in [-0.1, -0.05) is 13.3 Å². The molecule has 1 aliphatic carbocycles. The third-order valence-electron chi connectivity index (χ3n) is 2.88. The molecule has 0 bridgehead atoms. The van der Waals surface area contributed by atoms with Crippen LogP contribution < -0.4 is 5.32 Å². The SMILES string of the molecule is CCCNCCc1nnc(C2CCC2)s1. The van der Waals surface area contributed by atoms with Crippen molar-refractivity contribution in [2.45, 2.75) is 44.9 Å². The van der Waals surface area contributed by atoms with E-state index in [4.69, 9.17) is 0 Å². The normalized spacial score (nSPS) is 16.6. The fourth-order valence-electron chi connectivity index (χ4n) is 1.68. The molecule has 1 aromatic rings. The molecule has 84 valence electrons. The zero-order chi connectivity index (χ0) is 10.5. The van der Waals surface area contributed by atoms with Gasteiger partial charge in [-0.25, -0.2) is 0 Å². The molecular weight excluding hydrogens is 206 g/mol. The molecule has 0 amide bonds. The predicted molar refractivity (Wildman–Crippen MR) is 63.4 cm³/mol. The third-order valence-corrected chi connectivity index (χ3v) is 4.02. The topological polar surface area (TPSA) is 37.8 Å². The number of hydrogen-bond acceptors (Lipinski definition) is 4. The van der Waals surface area contributed by atoms with Gasteiger partial charge in [-0.2, -0.15) is 0 Å². The molecule has 0 aliphatic heterocycles. The number of nitrogens with one attached hydrogen (secondary N) is 1. The molecule has 0 aromatic carbocycles. The van der Waals surface area contributed by atoms with Crippen LogP contribution in [-0.4, -0.2) is 23.3 Å². The molecule has 4 heteroatoms. The minimum Gasteiger partial charge on any atom is -0.316 e. The lowest BCUT2D eigenvalue weighted by Crippen LogP contribution is -2.17. The first-order valence-electron chi connectivity index (χ1n) is 5.93. The molecule has 0 unspecified atom stereocenters. The van der Waals surface area contributed by atoms with Crippen molar-refractivity contribution in [1.82, 2.24) is 15.5 Å². The van der Waals surface area contributed by atoms with Crippen molar-refractivity contribution >= 4 is 11.3 Å². The number of hydrogen-bond donors (Lipinski definition) is 1. The second-order valence-corrected chi connectivity index (χ2v) is 5.26. The standard InChI is InChI=1S/C11H19N3S/c1-2-7-12-8-6-10-13-14-11(15-10)9-4-3-5-9/h9,12H,2-8H2,1H3. The largest absolute Gasteiger partial charge is 0.316 e. The first-order chi connectivity index (χ1) is 7.40. The zero-order valence-electron chi connectivity index (χ0n) is 9.33. The Balaban J connectivity index is 1.74. The Labute approximate surface area is 95.3 Å². The maximum atomic E-state index is 4.28. The van der Waals surface area contributed by atoms with E-state index in [0.29, 0.717) is 0 Å². The summed E-state index contributed by atoms with van der Waals surface area (Å²) >= 11 is 1.81. The number of aromatic nitrogens is 2. The minimum absolute atomic E-state index is 0.736. The van der Waals surface area contributed by atoms with Gasteiger partial charge >= 0.3 is 0 Å². The predicted octanol–water partition coefficient (Wildman–Crippen LogP) is 2.35. The Kier molecular flexibility index (Phi) is 4.09. The highest BCUT2D eigenvalue weighted by atomic mass is 32.1. The number of rotatable bonds is 6. The van der Waals surface area contributed by atoms with Gasteiger partial charge in [0.1, 0.15) is 10.0 Å². The average Bonchev–Trinajstić information content (AvgIpc) is 2.58. The van der Waals surface area contributed by atoms with Crippen LogP contribution in [0.25, 0.3) is 0 Å². The molecule has 1 N–H and O–H groups in total. The van der Waals surface area contributed by atoms with Crippen molar-refractivity contribution in [2.24, 2.45) is 0 Å². The van der Waals surface area contributed by atoms with Crippen molar-refractivity contribution in [3.05, 3.63) is 10.0 Å². The van der Waals surface area contributed by atoms with Gasteiger partial charge in [0, 0.05) is 18.9 Å². The van der Waals surface area contributed by atoms with Crippen molar-refractivity contribution in [3.8, 4) is 0 Å². The highest BCUT2D eigenvalue weighted by molar-refractivity contribution is 7.11. The van der Waals surface area contributed by atoms with Crippen LogP contribution >= 0.6 is 11.3 Å². The summed E-state index contributed by atoms with van der Waals surface area (Å²) in [5.74, 6) is 0.736. The van der Waals surface area contributed by atoms with Gasteiger partial charge in [0.25, 0.3) is 0 Å². The number of nitrogens with zero attached hydrogens (tertiary/aromatic N) is 2. The summed E-state index contributed by atoms with van der Waals surface area (Å²) in [6, 6.07) is 0. The van der Waals surface area contributed by atoms with Crippen LogP contribution in [0.3, 0.4) is 0 Å². The average molecular weight is 225 g/mol. The van der Waals surface area contributed by atoms with Crippen LogP contribution in [0.2, 0.25) is 0 Å². The Hall–Kier alpha value is -0.480. The quantitative estimate of drug-likeness (QED) is 0.755. The highest BCUT2D eigenvalue weighted by Crippen LogP contribution is 2.37. The summed E-state index contributed by atoms with van der Waals surface area (Å²) in [6.45, 7) is 4.33. The van der Waals surface area contributed by atoms with Gasteiger partial charge in [-0.15, -0.1) is 21.5 Å². The van der Waals surface area contributed by atoms with E-state index in [0.717, 1.165) is 25.4 Å². The Morgan fingerprint density at radius 2 is 2.20 bits per heavy atom. The Morgan fingerprint density at radius 3 is 2.87 bits per heavy atom. The van der Waals surface area contributed by atoms with Gasteiger partial charge in [-0.05, 0) is 25.8 Å². The molecule has 3 nitrogen and oxygen atoms in total. The summed E-state index contributed by atoms with van der Waals surface area (Å²) in [4.78, 5) is 0. The van der Waals surface area contributed by atoms with E-state index in [1.54, 1.807) is 0 Å². The first kappa shape index (κ1) is 11.0. The first-order valence-corrected chi connectivity index (χ1v) is 6.74. The minimum atomic E-state index is 0.736. The second kappa shape index (κ2) is 5.56. The maximum absolute atomic E-state index is 4.28. The summed E-state index contributed by atoms with van der Waals surface area (Å²) in [5.41, 5.74) is 0. The fourth-order valence-corrected chi connectivity index (χ4v) is 2.70. The highest BCUT2D eigenvalue weighted by Gasteiger charge is 2.23. The Bertz CT molecular complexity index is 294. The third kappa shape index (κ3) is 2.98. The molecule has 1 heterocycles. The molecule has 2 rings (SSSR count). The van der Waals surface area contributed by atoms with E-state index < -0.39 is 0 Å². The molecule has 0 atom stereocenters. The summed E-state index contributed by atoms with van der Waals surface area (Å²) in [6.07, 6.45) is 6.25. The van der Waals surface area contributed by atoms with Crippen molar-refractivity contribution in [1.29, 1.82) is 0 Å². The molecule has 15 heavy (non-hydrogen) atoms. The van der Waals surface area contributed by atoms with Crippen LogP contribution in [0, 0.1) is 0 Å². The van der Waals surface area contributed by atoms with Gasteiger partial charge in [-0.3, -0.25) is 0 Å². The van der Waals surface area contributed by atoms with Gasteiger partial charge in [0.15, 0.2) is 0 Å². The molecule has 1 aliphatic rings. The van der Waals surface area contributed by atoms with E-state index >= 15 is 0 Å². The summed E-state index contributed by atoms with van der Waals surface area (Å²) in [5, 5.41) is 14.4. The monoisotopic (exact) mass is 225 g/mol. The van der Waals surface area contributed by atoms with Gasteiger partial charge in [0.05, 0.1) is 0 Å². The van der Waals surface area contributed by atoms with Crippen LogP contribution in [0.4, 0.5) is 0 Å². The maximum Gasteiger partial charge on any atom is 0.120 e. The molecule has 0 radical (unpaired) electrons. The van der Waals surface area contributed by atoms with E-state index in [1.807, 2.05) is 11.3 Å². The molecule has 1 saturated carbocycles. The van der Waals surface area contributed by atoms with Crippen molar-refractivity contribution in [2.75, 3.05) is 13.1 Å². The molecule has 0 saturated heterocycles. The second-order valence-electron chi connectivity index (χ2n) is 4.16. The molecule has 1 fully saturated rings. The lowest BCUT2D eigenvalue weighted by atomic mass is 9.86. The van der Waals surface area contributed by atoms with E-state index in [1.165, 1.54) is 35.7 Å². The molecule has 1 aromatic heterocycles. The van der Waals surface area contributed by atoms with Crippen LogP contribution in [0.5, 0.6) is 0 Å². The van der Waals surface area contributed by atoms with Crippen LogP contribution in [0.1, 0.15) is 48.5 Å². The lowest BCUT2D eigenvalue weighted by Gasteiger charge is -2.21. The smallest absolute Gasteiger partial charge is 0.120 e. The summed E-state index contributed by atoms with van der Waals surface area (Å²) in [7, 11) is 0. The van der Waals surface area contributed by atoms with Gasteiger partial charge < -0.3 is 5.32 Å². The van der Waals surface area contributed by atoms with Crippen molar-refractivity contribution < 1.29 is 0 Å². The van der Waals surface area contributed by atoms with Crippen molar-refractivity contribution in [3.63, 3.8) is 0 Å². The van der Waals surface area contributed by atoms with E-state index in [2.05, 4.69) is 22.4 Å².